The molecule has 0 amide bonds. The molecule has 1 aliphatic heterocycles. The Labute approximate surface area is 121 Å². The van der Waals surface area contributed by atoms with E-state index in [2.05, 4.69) is 33.9 Å². The monoisotopic (exact) mass is 278 g/mol. The normalized spacial score (nSPS) is 28.6. The maximum Gasteiger partial charge on any atom is 0.176 e. The molecule has 5 heteroatoms. The molecule has 0 unspecified atom stereocenters. The first-order valence-corrected chi connectivity index (χ1v) is 7.79. The molecule has 2 heterocycles. The molecule has 0 radical (unpaired) electrons. The van der Waals surface area contributed by atoms with Gasteiger partial charge in [0.1, 0.15) is 12.4 Å². The molecule has 1 saturated carbocycles. The molecule has 0 spiro atoms. The third kappa shape index (κ3) is 2.61. The summed E-state index contributed by atoms with van der Waals surface area (Å²) in [7, 11) is 1.69. The van der Waals surface area contributed by atoms with Crippen LogP contribution in [0, 0.1) is 5.41 Å². The van der Waals surface area contributed by atoms with Crippen molar-refractivity contribution >= 4 is 0 Å². The summed E-state index contributed by atoms with van der Waals surface area (Å²) in [4.78, 5) is 4.68. The second kappa shape index (κ2) is 5.45. The van der Waals surface area contributed by atoms with Crippen molar-refractivity contribution in [1.82, 2.24) is 20.1 Å². The highest BCUT2D eigenvalue weighted by Crippen LogP contribution is 2.39. The lowest BCUT2D eigenvalue weighted by molar-refractivity contribution is 0.177. The summed E-state index contributed by atoms with van der Waals surface area (Å²) >= 11 is 0. The van der Waals surface area contributed by atoms with Gasteiger partial charge in [-0.05, 0) is 31.1 Å². The van der Waals surface area contributed by atoms with Crippen LogP contribution < -0.4 is 5.32 Å². The standard InChI is InChI=1S/C15H26N4O/c1-15(2)8-4-7-12(15)16-11-6-5-9-19-14(11)17-13(18-19)10-20-3/h11-12,16H,4-10H2,1-3H3/t11-,12+/m1/s1. The maximum atomic E-state index is 5.15. The minimum Gasteiger partial charge on any atom is -0.377 e. The molecule has 112 valence electrons. The predicted octanol–water partition coefficient (Wildman–Crippen LogP) is 2.43. The van der Waals surface area contributed by atoms with Gasteiger partial charge in [-0.3, -0.25) is 0 Å². The Balaban J connectivity index is 1.76. The van der Waals surface area contributed by atoms with Crippen LogP contribution in [-0.4, -0.2) is 27.9 Å². The number of methoxy groups -OCH3 is 1. The van der Waals surface area contributed by atoms with Gasteiger partial charge in [0.05, 0.1) is 6.04 Å². The smallest absolute Gasteiger partial charge is 0.176 e. The largest absolute Gasteiger partial charge is 0.377 e. The minimum absolute atomic E-state index is 0.351. The number of hydrogen-bond donors (Lipinski definition) is 1. The highest BCUT2D eigenvalue weighted by Gasteiger charge is 2.37. The molecule has 1 fully saturated rings. The summed E-state index contributed by atoms with van der Waals surface area (Å²) in [5, 5.41) is 8.40. The molecule has 1 aliphatic carbocycles. The van der Waals surface area contributed by atoms with Crippen LogP contribution in [0.5, 0.6) is 0 Å². The zero-order chi connectivity index (χ0) is 14.2. The third-order valence-electron chi connectivity index (χ3n) is 4.85. The van der Waals surface area contributed by atoms with Crippen LogP contribution in [0.25, 0.3) is 0 Å². The topological polar surface area (TPSA) is 52.0 Å². The highest BCUT2D eigenvalue weighted by atomic mass is 16.5. The predicted molar refractivity (Wildman–Crippen MR) is 77.3 cm³/mol. The number of nitrogens with one attached hydrogen (secondary N) is 1. The first kappa shape index (κ1) is 14.0. The van der Waals surface area contributed by atoms with Crippen molar-refractivity contribution in [3.8, 4) is 0 Å². The fourth-order valence-electron chi connectivity index (χ4n) is 3.63. The number of hydrogen-bond acceptors (Lipinski definition) is 4. The zero-order valence-corrected chi connectivity index (χ0v) is 12.9. The zero-order valence-electron chi connectivity index (χ0n) is 12.9. The van der Waals surface area contributed by atoms with Crippen LogP contribution in [0.3, 0.4) is 0 Å². The average Bonchev–Trinajstić information content (AvgIpc) is 2.94. The van der Waals surface area contributed by atoms with Crippen molar-refractivity contribution in [2.24, 2.45) is 5.41 Å². The molecular formula is C15H26N4O. The molecule has 0 aromatic carbocycles. The fourth-order valence-corrected chi connectivity index (χ4v) is 3.63. The Kier molecular flexibility index (Phi) is 3.82. The molecule has 2 aliphatic rings. The molecule has 1 aromatic rings. The van der Waals surface area contributed by atoms with Crippen LogP contribution in [0.1, 0.15) is 63.6 Å². The Hall–Kier alpha value is -0.940. The van der Waals surface area contributed by atoms with Crippen LogP contribution in [-0.2, 0) is 17.9 Å². The highest BCUT2D eigenvalue weighted by molar-refractivity contribution is 5.04. The van der Waals surface area contributed by atoms with Crippen molar-refractivity contribution in [3.63, 3.8) is 0 Å². The van der Waals surface area contributed by atoms with E-state index in [0.29, 0.717) is 24.1 Å². The lowest BCUT2D eigenvalue weighted by Gasteiger charge is -2.33. The van der Waals surface area contributed by atoms with Crippen molar-refractivity contribution in [2.45, 2.75) is 71.2 Å². The van der Waals surface area contributed by atoms with E-state index in [4.69, 9.17) is 4.74 Å². The van der Waals surface area contributed by atoms with E-state index in [1.54, 1.807) is 7.11 Å². The van der Waals surface area contributed by atoms with Crippen LogP contribution >= 0.6 is 0 Å². The summed E-state index contributed by atoms with van der Waals surface area (Å²) in [6.45, 7) is 6.24. The number of aromatic nitrogens is 3. The minimum atomic E-state index is 0.351. The van der Waals surface area contributed by atoms with Gasteiger partial charge >= 0.3 is 0 Å². The quantitative estimate of drug-likeness (QED) is 0.919. The Morgan fingerprint density at radius 2 is 2.20 bits per heavy atom. The van der Waals surface area contributed by atoms with E-state index in [0.717, 1.165) is 24.6 Å². The van der Waals surface area contributed by atoms with Crippen molar-refractivity contribution in [2.75, 3.05) is 7.11 Å². The second-order valence-corrected chi connectivity index (χ2v) is 6.84. The van der Waals surface area contributed by atoms with Gasteiger partial charge in [0.25, 0.3) is 0 Å². The average molecular weight is 278 g/mol. The van der Waals surface area contributed by atoms with Gasteiger partial charge in [0.15, 0.2) is 5.82 Å². The summed E-state index contributed by atoms with van der Waals surface area (Å²) in [6.07, 6.45) is 6.27. The summed E-state index contributed by atoms with van der Waals surface area (Å²) < 4.78 is 7.22. The molecule has 0 saturated heterocycles. The first-order valence-electron chi connectivity index (χ1n) is 7.79. The van der Waals surface area contributed by atoms with Crippen LogP contribution in [0.15, 0.2) is 0 Å². The van der Waals surface area contributed by atoms with Gasteiger partial charge in [-0.1, -0.05) is 20.3 Å². The Bertz CT molecular complexity index is 468. The Morgan fingerprint density at radius 3 is 2.90 bits per heavy atom. The van der Waals surface area contributed by atoms with Gasteiger partial charge in [-0.15, -0.1) is 0 Å². The number of aryl methyl sites for hydroxylation is 1. The number of nitrogens with zero attached hydrogens (tertiary/aromatic N) is 3. The molecule has 5 nitrogen and oxygen atoms in total. The fraction of sp³-hybridized carbons (Fsp3) is 0.867. The van der Waals surface area contributed by atoms with E-state index < -0.39 is 0 Å². The van der Waals surface area contributed by atoms with Gasteiger partial charge < -0.3 is 10.1 Å². The summed E-state index contributed by atoms with van der Waals surface area (Å²) in [5.41, 5.74) is 0.400. The van der Waals surface area contributed by atoms with Crippen LogP contribution in [0.2, 0.25) is 0 Å². The van der Waals surface area contributed by atoms with Gasteiger partial charge in [-0.25, -0.2) is 9.67 Å². The van der Waals surface area contributed by atoms with Crippen molar-refractivity contribution < 1.29 is 4.74 Å². The van der Waals surface area contributed by atoms with Crippen molar-refractivity contribution in [3.05, 3.63) is 11.6 Å². The summed E-state index contributed by atoms with van der Waals surface area (Å²) in [5.74, 6) is 1.91. The van der Waals surface area contributed by atoms with Crippen molar-refractivity contribution in [1.29, 1.82) is 0 Å². The van der Waals surface area contributed by atoms with Gasteiger partial charge in [0.2, 0.25) is 0 Å². The SMILES string of the molecule is COCc1nc2n(n1)CCC[C@H]2N[C@H]1CCCC1(C)C. The molecule has 2 atom stereocenters. The lowest BCUT2D eigenvalue weighted by Crippen LogP contribution is -2.42. The number of fused-ring (bicyclic) bond motifs is 1. The van der Waals surface area contributed by atoms with Crippen LogP contribution in [0.4, 0.5) is 0 Å². The molecule has 0 bridgehead atoms. The van der Waals surface area contributed by atoms with Gasteiger partial charge in [-0.2, -0.15) is 5.10 Å². The molecule has 3 rings (SSSR count). The molecule has 1 N–H and O–H groups in total. The van der Waals surface area contributed by atoms with E-state index >= 15 is 0 Å². The number of ether oxygens (including phenoxy) is 1. The molecule has 20 heavy (non-hydrogen) atoms. The van der Waals surface area contributed by atoms with E-state index in [-0.39, 0.29) is 0 Å². The number of rotatable bonds is 4. The summed E-state index contributed by atoms with van der Waals surface area (Å²) in [6, 6.07) is 0.950. The second-order valence-electron chi connectivity index (χ2n) is 6.84. The van der Waals surface area contributed by atoms with E-state index in [1.807, 2.05) is 0 Å². The van der Waals surface area contributed by atoms with Gasteiger partial charge in [0, 0.05) is 19.7 Å². The maximum absolute atomic E-state index is 5.15. The molecule has 1 aromatic heterocycles. The lowest BCUT2D eigenvalue weighted by atomic mass is 9.86. The third-order valence-corrected chi connectivity index (χ3v) is 4.85. The first-order chi connectivity index (χ1) is 9.60. The Morgan fingerprint density at radius 1 is 1.35 bits per heavy atom. The van der Waals surface area contributed by atoms with E-state index in [9.17, 15) is 0 Å². The molecular weight excluding hydrogens is 252 g/mol. The van der Waals surface area contributed by atoms with E-state index in [1.165, 1.54) is 25.7 Å².